The first-order valence-corrected chi connectivity index (χ1v) is 8.09. The quantitative estimate of drug-likeness (QED) is 0.814. The van der Waals surface area contributed by atoms with Gasteiger partial charge in [-0.05, 0) is 43.6 Å². The molecule has 3 rings (SSSR count). The van der Waals surface area contributed by atoms with Crippen LogP contribution in [0.2, 0.25) is 0 Å². The zero-order chi connectivity index (χ0) is 15.4. The van der Waals surface area contributed by atoms with E-state index in [2.05, 4.69) is 23.2 Å². The first-order valence-electron chi connectivity index (χ1n) is 8.09. The van der Waals surface area contributed by atoms with Gasteiger partial charge in [0.15, 0.2) is 11.5 Å². The van der Waals surface area contributed by atoms with Crippen LogP contribution in [0.15, 0.2) is 18.2 Å². The number of rotatable bonds is 6. The molecule has 2 unspecified atom stereocenters. The Balaban J connectivity index is 1.73. The standard InChI is InChI=1S/C17H24N2O3/c1-13(15(18-12-20)11-19-6-2-3-7-19)14-4-5-16-17(10-14)22-9-8-21-16/h4-5,10,12-13,15H,2-3,6-9,11H2,1H3,(H,18,20). The van der Waals surface area contributed by atoms with Crippen molar-refractivity contribution in [1.82, 2.24) is 10.2 Å². The summed E-state index contributed by atoms with van der Waals surface area (Å²) in [6.07, 6.45) is 3.33. The number of hydrogen-bond acceptors (Lipinski definition) is 4. The lowest BCUT2D eigenvalue weighted by atomic mass is 9.92. The van der Waals surface area contributed by atoms with E-state index in [0.29, 0.717) is 13.2 Å². The van der Waals surface area contributed by atoms with Crippen LogP contribution >= 0.6 is 0 Å². The van der Waals surface area contributed by atoms with E-state index >= 15 is 0 Å². The Morgan fingerprint density at radius 1 is 1.23 bits per heavy atom. The van der Waals surface area contributed by atoms with E-state index in [-0.39, 0.29) is 12.0 Å². The highest BCUT2D eigenvalue weighted by molar-refractivity contribution is 5.48. The third-order valence-corrected chi connectivity index (χ3v) is 4.63. The van der Waals surface area contributed by atoms with Crippen LogP contribution in [0, 0.1) is 0 Å². The van der Waals surface area contributed by atoms with Crippen molar-refractivity contribution >= 4 is 6.41 Å². The molecule has 1 saturated heterocycles. The summed E-state index contributed by atoms with van der Waals surface area (Å²) in [6.45, 7) is 6.51. The fourth-order valence-corrected chi connectivity index (χ4v) is 3.26. The lowest BCUT2D eigenvalue weighted by Gasteiger charge is -2.29. The zero-order valence-corrected chi connectivity index (χ0v) is 13.1. The molecular formula is C17H24N2O3. The lowest BCUT2D eigenvalue weighted by molar-refractivity contribution is -0.110. The lowest BCUT2D eigenvalue weighted by Crippen LogP contribution is -2.42. The minimum Gasteiger partial charge on any atom is -0.486 e. The Hall–Kier alpha value is -1.75. The van der Waals surface area contributed by atoms with Crippen molar-refractivity contribution in [1.29, 1.82) is 0 Å². The average Bonchev–Trinajstić information content (AvgIpc) is 3.06. The Morgan fingerprint density at radius 2 is 1.95 bits per heavy atom. The number of hydrogen-bond donors (Lipinski definition) is 1. The van der Waals surface area contributed by atoms with Crippen molar-refractivity contribution < 1.29 is 14.3 Å². The number of benzene rings is 1. The van der Waals surface area contributed by atoms with Gasteiger partial charge in [0.25, 0.3) is 0 Å². The number of carbonyl (C=O) groups excluding carboxylic acids is 1. The van der Waals surface area contributed by atoms with E-state index in [1.165, 1.54) is 18.4 Å². The van der Waals surface area contributed by atoms with Gasteiger partial charge in [0, 0.05) is 18.5 Å². The largest absolute Gasteiger partial charge is 0.486 e. The minimum atomic E-state index is 0.109. The molecule has 0 radical (unpaired) electrons. The van der Waals surface area contributed by atoms with E-state index in [9.17, 15) is 4.79 Å². The van der Waals surface area contributed by atoms with E-state index in [4.69, 9.17) is 9.47 Å². The van der Waals surface area contributed by atoms with Crippen molar-refractivity contribution in [2.75, 3.05) is 32.8 Å². The summed E-state index contributed by atoms with van der Waals surface area (Å²) in [5.41, 5.74) is 1.17. The molecule has 2 heterocycles. The Bertz CT molecular complexity index is 515. The smallest absolute Gasteiger partial charge is 0.207 e. The SMILES string of the molecule is CC(c1ccc2c(c1)OCCO2)C(CN1CCCC1)NC=O. The summed E-state index contributed by atoms with van der Waals surface area (Å²) in [4.78, 5) is 13.4. The van der Waals surface area contributed by atoms with E-state index < -0.39 is 0 Å². The summed E-state index contributed by atoms with van der Waals surface area (Å²) in [6, 6.07) is 6.19. The molecule has 1 fully saturated rings. The van der Waals surface area contributed by atoms with Crippen LogP contribution in [0.4, 0.5) is 0 Å². The predicted octanol–water partition coefficient (Wildman–Crippen LogP) is 1.77. The van der Waals surface area contributed by atoms with Crippen molar-refractivity contribution in [2.45, 2.75) is 31.7 Å². The molecule has 1 aromatic rings. The highest BCUT2D eigenvalue weighted by Gasteiger charge is 2.24. The third kappa shape index (κ3) is 3.35. The minimum absolute atomic E-state index is 0.109. The van der Waals surface area contributed by atoms with Crippen LogP contribution in [-0.2, 0) is 4.79 Å². The number of ether oxygens (including phenoxy) is 2. The van der Waals surface area contributed by atoms with Crippen LogP contribution in [0.1, 0.15) is 31.2 Å². The van der Waals surface area contributed by atoms with Gasteiger partial charge in [-0.2, -0.15) is 0 Å². The molecule has 0 saturated carbocycles. The number of fused-ring (bicyclic) bond motifs is 1. The van der Waals surface area contributed by atoms with Gasteiger partial charge < -0.3 is 19.7 Å². The van der Waals surface area contributed by atoms with Crippen LogP contribution in [-0.4, -0.2) is 50.2 Å². The molecule has 22 heavy (non-hydrogen) atoms. The van der Waals surface area contributed by atoms with Crippen LogP contribution < -0.4 is 14.8 Å². The summed E-state index contributed by atoms with van der Waals surface area (Å²) in [7, 11) is 0. The van der Waals surface area contributed by atoms with Gasteiger partial charge in [0.1, 0.15) is 13.2 Å². The second-order valence-corrected chi connectivity index (χ2v) is 6.09. The molecule has 5 heteroatoms. The summed E-state index contributed by atoms with van der Waals surface area (Å²) in [5, 5.41) is 2.99. The molecule has 120 valence electrons. The van der Waals surface area contributed by atoms with Crippen molar-refractivity contribution in [3.05, 3.63) is 23.8 Å². The highest BCUT2D eigenvalue weighted by atomic mass is 16.6. The maximum Gasteiger partial charge on any atom is 0.207 e. The van der Waals surface area contributed by atoms with E-state index in [1.807, 2.05) is 12.1 Å². The summed E-state index contributed by atoms with van der Waals surface area (Å²) in [5.74, 6) is 1.84. The first-order chi connectivity index (χ1) is 10.8. The van der Waals surface area contributed by atoms with Gasteiger partial charge in [-0.1, -0.05) is 13.0 Å². The maximum atomic E-state index is 11.0. The average molecular weight is 304 g/mol. The molecule has 0 spiro atoms. The van der Waals surface area contributed by atoms with Gasteiger partial charge in [-0.15, -0.1) is 0 Å². The monoisotopic (exact) mass is 304 g/mol. The normalized spacial score (nSPS) is 20.4. The molecule has 2 aliphatic rings. The van der Waals surface area contributed by atoms with Gasteiger partial charge in [-0.25, -0.2) is 0 Å². The van der Waals surface area contributed by atoms with E-state index in [1.54, 1.807) is 0 Å². The number of nitrogens with zero attached hydrogens (tertiary/aromatic N) is 1. The second-order valence-electron chi connectivity index (χ2n) is 6.09. The highest BCUT2D eigenvalue weighted by Crippen LogP contribution is 2.34. The number of nitrogens with one attached hydrogen (secondary N) is 1. The fourth-order valence-electron chi connectivity index (χ4n) is 3.26. The Kier molecular flexibility index (Phi) is 4.83. The Labute approximate surface area is 131 Å². The fraction of sp³-hybridized carbons (Fsp3) is 0.588. The molecule has 1 N–H and O–H groups in total. The molecule has 5 nitrogen and oxygen atoms in total. The van der Waals surface area contributed by atoms with E-state index in [0.717, 1.165) is 37.5 Å². The molecule has 0 bridgehead atoms. The molecule has 1 aromatic carbocycles. The summed E-state index contributed by atoms with van der Waals surface area (Å²) < 4.78 is 11.2. The van der Waals surface area contributed by atoms with Gasteiger partial charge in [0.05, 0.1) is 0 Å². The van der Waals surface area contributed by atoms with Gasteiger partial charge >= 0.3 is 0 Å². The molecule has 2 aliphatic heterocycles. The molecule has 1 amide bonds. The van der Waals surface area contributed by atoms with Crippen molar-refractivity contribution in [3.8, 4) is 11.5 Å². The number of likely N-dealkylation sites (tertiary alicyclic amines) is 1. The Morgan fingerprint density at radius 3 is 2.68 bits per heavy atom. The summed E-state index contributed by atoms with van der Waals surface area (Å²) >= 11 is 0. The maximum absolute atomic E-state index is 11.0. The number of amides is 1. The van der Waals surface area contributed by atoms with Crippen LogP contribution in [0.25, 0.3) is 0 Å². The topological polar surface area (TPSA) is 50.8 Å². The molecule has 0 aromatic heterocycles. The van der Waals surface area contributed by atoms with Crippen LogP contribution in [0.3, 0.4) is 0 Å². The third-order valence-electron chi connectivity index (χ3n) is 4.63. The second kappa shape index (κ2) is 7.01. The first kappa shape index (κ1) is 15.2. The zero-order valence-electron chi connectivity index (χ0n) is 13.1. The predicted molar refractivity (Wildman–Crippen MR) is 84.5 cm³/mol. The van der Waals surface area contributed by atoms with Crippen LogP contribution in [0.5, 0.6) is 11.5 Å². The molecule has 0 aliphatic carbocycles. The molecule has 2 atom stereocenters. The van der Waals surface area contributed by atoms with Crippen molar-refractivity contribution in [2.24, 2.45) is 0 Å². The van der Waals surface area contributed by atoms with Gasteiger partial charge in [0.2, 0.25) is 6.41 Å². The molecular weight excluding hydrogens is 280 g/mol. The van der Waals surface area contributed by atoms with Crippen molar-refractivity contribution in [3.63, 3.8) is 0 Å². The number of carbonyl (C=O) groups is 1. The van der Waals surface area contributed by atoms with Gasteiger partial charge in [-0.3, -0.25) is 4.79 Å².